The van der Waals surface area contributed by atoms with Crippen LogP contribution >= 0.6 is 0 Å². The van der Waals surface area contributed by atoms with Gasteiger partial charge in [0.1, 0.15) is 5.75 Å². The van der Waals surface area contributed by atoms with Gasteiger partial charge in [-0.1, -0.05) is 0 Å². The first-order valence-electron chi connectivity index (χ1n) is 5.35. The lowest BCUT2D eigenvalue weighted by Gasteiger charge is -2.25. The molecule has 0 saturated carbocycles. The van der Waals surface area contributed by atoms with Crippen LogP contribution in [0.2, 0.25) is 0 Å². The molecule has 0 spiro atoms. The first-order valence-corrected chi connectivity index (χ1v) is 5.35. The molecule has 0 unspecified atom stereocenters. The highest BCUT2D eigenvalue weighted by Gasteiger charge is 2.09. The van der Waals surface area contributed by atoms with Crippen molar-refractivity contribution in [2.24, 2.45) is 0 Å². The molecule has 0 aliphatic carbocycles. The third-order valence-corrected chi connectivity index (χ3v) is 2.83. The Morgan fingerprint density at radius 1 is 1.13 bits per heavy atom. The molecular formula is C13H21NO. The molecule has 2 nitrogen and oxygen atoms in total. The average molecular weight is 207 g/mol. The third-order valence-electron chi connectivity index (χ3n) is 2.83. The molecule has 2 heteroatoms. The molecule has 0 atom stereocenters. The lowest BCUT2D eigenvalue weighted by Crippen LogP contribution is -2.25. The van der Waals surface area contributed by atoms with Crippen LogP contribution in [0.15, 0.2) is 12.1 Å². The number of hydrogen-bond acceptors (Lipinski definition) is 2. The Labute approximate surface area is 92.9 Å². The second-order valence-corrected chi connectivity index (χ2v) is 4.32. The number of hydrogen-bond donors (Lipinski definition) is 0. The van der Waals surface area contributed by atoms with Gasteiger partial charge in [0.25, 0.3) is 0 Å². The van der Waals surface area contributed by atoms with Crippen LogP contribution in [0.4, 0.5) is 5.69 Å². The van der Waals surface area contributed by atoms with Gasteiger partial charge < -0.3 is 9.64 Å². The highest BCUT2D eigenvalue weighted by Crippen LogP contribution is 2.28. The Kier molecular flexibility index (Phi) is 3.61. The number of ether oxygens (including phenoxy) is 1. The van der Waals surface area contributed by atoms with E-state index in [4.69, 9.17) is 4.74 Å². The predicted molar refractivity (Wildman–Crippen MR) is 66.0 cm³/mol. The molecule has 0 aromatic heterocycles. The summed E-state index contributed by atoms with van der Waals surface area (Å²) in [7, 11) is 3.84. The van der Waals surface area contributed by atoms with Gasteiger partial charge in [-0.15, -0.1) is 0 Å². The minimum Gasteiger partial charge on any atom is -0.496 e. The van der Waals surface area contributed by atoms with E-state index in [-0.39, 0.29) is 0 Å². The van der Waals surface area contributed by atoms with Crippen molar-refractivity contribution in [1.29, 1.82) is 0 Å². The van der Waals surface area contributed by atoms with E-state index in [0.717, 1.165) is 5.75 Å². The normalized spacial score (nSPS) is 10.6. The van der Waals surface area contributed by atoms with E-state index < -0.39 is 0 Å². The maximum atomic E-state index is 5.35. The summed E-state index contributed by atoms with van der Waals surface area (Å²) >= 11 is 0. The fourth-order valence-corrected chi connectivity index (χ4v) is 1.75. The van der Waals surface area contributed by atoms with Crippen molar-refractivity contribution >= 4 is 5.69 Å². The first-order chi connectivity index (χ1) is 6.97. The summed E-state index contributed by atoms with van der Waals surface area (Å²) < 4.78 is 5.35. The van der Waals surface area contributed by atoms with Gasteiger partial charge in [-0.25, -0.2) is 0 Å². The zero-order valence-electron chi connectivity index (χ0n) is 10.6. The summed E-state index contributed by atoms with van der Waals surface area (Å²) in [6, 6.07) is 4.86. The van der Waals surface area contributed by atoms with E-state index in [1.165, 1.54) is 16.8 Å². The number of aryl methyl sites for hydroxylation is 2. The molecule has 0 aliphatic rings. The largest absolute Gasteiger partial charge is 0.496 e. The molecule has 0 saturated heterocycles. The van der Waals surface area contributed by atoms with E-state index in [1.54, 1.807) is 7.11 Å². The lowest BCUT2D eigenvalue weighted by atomic mass is 10.1. The highest BCUT2D eigenvalue weighted by molar-refractivity contribution is 5.56. The maximum absolute atomic E-state index is 5.35. The zero-order chi connectivity index (χ0) is 11.6. The Morgan fingerprint density at radius 2 is 1.60 bits per heavy atom. The summed E-state index contributed by atoms with van der Waals surface area (Å²) in [6.45, 7) is 8.55. The summed E-state index contributed by atoms with van der Waals surface area (Å²) in [5.74, 6) is 0.996. The van der Waals surface area contributed by atoms with Crippen LogP contribution in [-0.2, 0) is 0 Å². The van der Waals surface area contributed by atoms with Gasteiger partial charge in [-0.2, -0.15) is 0 Å². The van der Waals surface area contributed by atoms with Gasteiger partial charge in [0, 0.05) is 18.8 Å². The smallest absolute Gasteiger partial charge is 0.124 e. The molecule has 1 rings (SSSR count). The van der Waals surface area contributed by atoms with Crippen molar-refractivity contribution in [2.45, 2.75) is 33.7 Å². The molecule has 0 radical (unpaired) electrons. The quantitative estimate of drug-likeness (QED) is 0.755. The molecule has 1 aromatic carbocycles. The molecule has 0 heterocycles. The van der Waals surface area contributed by atoms with E-state index in [2.05, 4.69) is 51.8 Å². The third kappa shape index (κ3) is 2.44. The van der Waals surface area contributed by atoms with E-state index in [1.807, 2.05) is 0 Å². The minimum atomic E-state index is 0.511. The number of benzene rings is 1. The van der Waals surface area contributed by atoms with E-state index in [0.29, 0.717) is 6.04 Å². The summed E-state index contributed by atoms with van der Waals surface area (Å²) in [5.41, 5.74) is 3.64. The standard InChI is InChI=1S/C13H21NO/c1-9(2)14(5)12-7-10(3)13(15-6)11(4)8-12/h7-9H,1-6H3. The van der Waals surface area contributed by atoms with Gasteiger partial charge in [0.15, 0.2) is 0 Å². The summed E-state index contributed by atoms with van der Waals surface area (Å²) in [5, 5.41) is 0. The lowest BCUT2D eigenvalue weighted by molar-refractivity contribution is 0.408. The zero-order valence-corrected chi connectivity index (χ0v) is 10.6. The van der Waals surface area contributed by atoms with Crippen molar-refractivity contribution in [1.82, 2.24) is 0 Å². The van der Waals surface area contributed by atoms with Crippen molar-refractivity contribution in [3.63, 3.8) is 0 Å². The predicted octanol–water partition coefficient (Wildman–Crippen LogP) is 3.16. The molecule has 15 heavy (non-hydrogen) atoms. The van der Waals surface area contributed by atoms with Crippen LogP contribution in [0.3, 0.4) is 0 Å². The van der Waals surface area contributed by atoms with Crippen molar-refractivity contribution in [3.05, 3.63) is 23.3 Å². The van der Waals surface area contributed by atoms with Crippen LogP contribution in [0, 0.1) is 13.8 Å². The second kappa shape index (κ2) is 4.56. The number of rotatable bonds is 3. The molecule has 0 fully saturated rings. The molecule has 84 valence electrons. The van der Waals surface area contributed by atoms with E-state index in [9.17, 15) is 0 Å². The van der Waals surface area contributed by atoms with E-state index >= 15 is 0 Å². The molecule has 0 N–H and O–H groups in total. The van der Waals surface area contributed by atoms with Gasteiger partial charge in [-0.05, 0) is 51.0 Å². The molecule has 0 amide bonds. The summed E-state index contributed by atoms with van der Waals surface area (Å²) in [4.78, 5) is 2.26. The second-order valence-electron chi connectivity index (χ2n) is 4.32. The average Bonchev–Trinajstić information content (AvgIpc) is 2.15. The van der Waals surface area contributed by atoms with Crippen molar-refractivity contribution in [2.75, 3.05) is 19.1 Å². The topological polar surface area (TPSA) is 12.5 Å². The first kappa shape index (κ1) is 11.9. The minimum absolute atomic E-state index is 0.511. The Balaban J connectivity index is 3.14. The summed E-state index contributed by atoms with van der Waals surface area (Å²) in [6.07, 6.45) is 0. The SMILES string of the molecule is COc1c(C)cc(N(C)C(C)C)cc1C. The van der Waals surface area contributed by atoms with Gasteiger partial charge in [-0.3, -0.25) is 0 Å². The van der Waals surface area contributed by atoms with Crippen LogP contribution in [0.25, 0.3) is 0 Å². The van der Waals surface area contributed by atoms with Crippen LogP contribution in [0.5, 0.6) is 5.75 Å². The molecule has 0 aliphatic heterocycles. The number of nitrogens with zero attached hydrogens (tertiary/aromatic N) is 1. The van der Waals surface area contributed by atoms with Crippen LogP contribution < -0.4 is 9.64 Å². The maximum Gasteiger partial charge on any atom is 0.124 e. The van der Waals surface area contributed by atoms with Gasteiger partial charge >= 0.3 is 0 Å². The molecule has 1 aromatic rings. The van der Waals surface area contributed by atoms with Gasteiger partial charge in [0.2, 0.25) is 0 Å². The molecular weight excluding hydrogens is 186 g/mol. The fraction of sp³-hybridized carbons (Fsp3) is 0.538. The Bertz CT molecular complexity index is 321. The molecule has 0 bridgehead atoms. The van der Waals surface area contributed by atoms with Crippen molar-refractivity contribution in [3.8, 4) is 5.75 Å². The highest BCUT2D eigenvalue weighted by atomic mass is 16.5. The Hall–Kier alpha value is -1.18. The van der Waals surface area contributed by atoms with Crippen LogP contribution in [-0.4, -0.2) is 20.2 Å². The van der Waals surface area contributed by atoms with Crippen LogP contribution in [0.1, 0.15) is 25.0 Å². The Morgan fingerprint density at radius 3 is 1.93 bits per heavy atom. The fourth-order valence-electron chi connectivity index (χ4n) is 1.75. The van der Waals surface area contributed by atoms with Crippen molar-refractivity contribution < 1.29 is 4.74 Å². The monoisotopic (exact) mass is 207 g/mol. The number of anilines is 1. The number of methoxy groups -OCH3 is 1. The van der Waals surface area contributed by atoms with Gasteiger partial charge in [0.05, 0.1) is 7.11 Å².